The largest absolute Gasteiger partial charge is 0.462 e. The van der Waals surface area contributed by atoms with Crippen LogP contribution in [0.25, 0.3) is 0 Å². The Hall–Kier alpha value is -1.45. The summed E-state index contributed by atoms with van der Waals surface area (Å²) < 4.78 is 5.04. The summed E-state index contributed by atoms with van der Waals surface area (Å²) in [6.07, 6.45) is 6.29. The zero-order chi connectivity index (χ0) is 11.8. The lowest BCUT2D eigenvalue weighted by Gasteiger charge is -2.08. The smallest absolute Gasteiger partial charge is 0.341 e. The van der Waals surface area contributed by atoms with Gasteiger partial charge < -0.3 is 4.74 Å². The van der Waals surface area contributed by atoms with Crippen molar-refractivity contribution in [3.8, 4) is 0 Å². The minimum absolute atomic E-state index is 0.281. The molecule has 0 aliphatic heterocycles. The maximum Gasteiger partial charge on any atom is 0.341 e. The lowest BCUT2D eigenvalue weighted by Crippen LogP contribution is -2.11. The van der Waals surface area contributed by atoms with E-state index in [-0.39, 0.29) is 5.97 Å². The summed E-state index contributed by atoms with van der Waals surface area (Å²) in [6.45, 7) is 2.21. The van der Waals surface area contributed by atoms with Crippen LogP contribution in [0.5, 0.6) is 0 Å². The van der Waals surface area contributed by atoms with Crippen molar-refractivity contribution in [1.82, 2.24) is 9.97 Å². The van der Waals surface area contributed by atoms with Gasteiger partial charge in [-0.15, -0.1) is 0 Å². The maximum absolute atomic E-state index is 11.8. The molecule has 2 saturated carbocycles. The Bertz CT molecular complexity index is 451. The second-order valence-electron chi connectivity index (χ2n) is 4.80. The van der Waals surface area contributed by atoms with Gasteiger partial charge in [-0.1, -0.05) is 0 Å². The molecule has 2 aliphatic rings. The highest BCUT2D eigenvalue weighted by Gasteiger charge is 2.33. The minimum atomic E-state index is -0.281. The van der Waals surface area contributed by atoms with Crippen molar-refractivity contribution in [2.75, 3.05) is 6.61 Å². The van der Waals surface area contributed by atoms with Crippen LogP contribution in [0.2, 0.25) is 0 Å². The van der Waals surface area contributed by atoms with Gasteiger partial charge in [0.05, 0.1) is 17.9 Å². The van der Waals surface area contributed by atoms with Crippen molar-refractivity contribution in [2.45, 2.75) is 44.4 Å². The summed E-state index contributed by atoms with van der Waals surface area (Å²) in [7, 11) is 0. The van der Waals surface area contributed by atoms with Crippen LogP contribution in [0.1, 0.15) is 66.3 Å². The fourth-order valence-corrected chi connectivity index (χ4v) is 1.98. The fourth-order valence-electron chi connectivity index (χ4n) is 1.98. The van der Waals surface area contributed by atoms with E-state index < -0.39 is 0 Å². The Morgan fingerprint density at radius 3 is 2.65 bits per heavy atom. The molecule has 1 aromatic heterocycles. The van der Waals surface area contributed by atoms with Gasteiger partial charge in [-0.05, 0) is 32.6 Å². The van der Waals surface area contributed by atoms with Gasteiger partial charge in [0.2, 0.25) is 0 Å². The normalized spacial score (nSPS) is 19.1. The zero-order valence-corrected chi connectivity index (χ0v) is 9.98. The van der Waals surface area contributed by atoms with Gasteiger partial charge in [-0.2, -0.15) is 0 Å². The predicted octanol–water partition coefficient (Wildman–Crippen LogP) is 2.41. The Kier molecular flexibility index (Phi) is 2.57. The first kappa shape index (κ1) is 10.7. The number of hydrogen-bond donors (Lipinski definition) is 0. The number of nitrogens with zero attached hydrogens (tertiary/aromatic N) is 2. The fraction of sp³-hybridized carbons (Fsp3) is 0.615. The molecule has 0 aromatic carbocycles. The van der Waals surface area contributed by atoms with Crippen LogP contribution in [0.3, 0.4) is 0 Å². The number of rotatable bonds is 4. The highest BCUT2D eigenvalue weighted by molar-refractivity contribution is 5.90. The topological polar surface area (TPSA) is 52.1 Å². The molecule has 0 atom stereocenters. The minimum Gasteiger partial charge on any atom is -0.462 e. The summed E-state index contributed by atoms with van der Waals surface area (Å²) >= 11 is 0. The molecule has 0 radical (unpaired) electrons. The molecule has 0 saturated heterocycles. The Morgan fingerprint density at radius 2 is 2.06 bits per heavy atom. The third kappa shape index (κ3) is 2.16. The Balaban J connectivity index is 1.93. The maximum atomic E-state index is 11.8. The van der Waals surface area contributed by atoms with Crippen molar-refractivity contribution >= 4 is 5.97 Å². The van der Waals surface area contributed by atoms with Crippen molar-refractivity contribution in [3.63, 3.8) is 0 Å². The Labute approximate surface area is 100 Å². The van der Waals surface area contributed by atoms with E-state index >= 15 is 0 Å². The van der Waals surface area contributed by atoms with Crippen molar-refractivity contribution in [3.05, 3.63) is 23.3 Å². The summed E-state index contributed by atoms with van der Waals surface area (Å²) in [4.78, 5) is 20.7. The van der Waals surface area contributed by atoms with Gasteiger partial charge in [0.25, 0.3) is 0 Å². The van der Waals surface area contributed by atoms with Gasteiger partial charge in [0.1, 0.15) is 5.82 Å². The number of esters is 1. The lowest BCUT2D eigenvalue weighted by molar-refractivity contribution is 0.0523. The number of aromatic nitrogens is 2. The van der Waals surface area contributed by atoms with Crippen LogP contribution in [0, 0.1) is 0 Å². The van der Waals surface area contributed by atoms with Crippen molar-refractivity contribution in [2.24, 2.45) is 0 Å². The average molecular weight is 232 g/mol. The third-order valence-electron chi connectivity index (χ3n) is 3.24. The molecule has 2 aliphatic carbocycles. The van der Waals surface area contributed by atoms with E-state index in [4.69, 9.17) is 4.74 Å². The van der Waals surface area contributed by atoms with E-state index in [9.17, 15) is 4.79 Å². The molecule has 0 bridgehead atoms. The molecular weight excluding hydrogens is 216 g/mol. The van der Waals surface area contributed by atoms with Crippen LogP contribution in [-0.4, -0.2) is 22.5 Å². The average Bonchev–Trinajstić information content (AvgIpc) is 3.19. The third-order valence-corrected chi connectivity index (χ3v) is 3.24. The summed E-state index contributed by atoms with van der Waals surface area (Å²) in [5.41, 5.74) is 1.49. The van der Waals surface area contributed by atoms with E-state index in [1.807, 2.05) is 6.92 Å². The number of hydrogen-bond acceptors (Lipinski definition) is 4. The molecule has 3 rings (SSSR count). The van der Waals surface area contributed by atoms with Crippen LogP contribution in [0.4, 0.5) is 0 Å². The standard InChI is InChI=1S/C13H16N2O2/c1-2-17-13(16)10-7-14-12(9-5-6-9)15-11(10)8-3-4-8/h7-9H,2-6H2,1H3. The molecule has 1 heterocycles. The van der Waals surface area contributed by atoms with Crippen LogP contribution >= 0.6 is 0 Å². The molecule has 17 heavy (non-hydrogen) atoms. The molecule has 90 valence electrons. The monoisotopic (exact) mass is 232 g/mol. The van der Waals surface area contributed by atoms with E-state index in [0.717, 1.165) is 24.4 Å². The summed E-state index contributed by atoms with van der Waals surface area (Å²) in [6, 6.07) is 0. The number of ether oxygens (including phenoxy) is 1. The highest BCUT2D eigenvalue weighted by atomic mass is 16.5. The van der Waals surface area contributed by atoms with Crippen LogP contribution in [-0.2, 0) is 4.74 Å². The van der Waals surface area contributed by atoms with E-state index in [0.29, 0.717) is 24.0 Å². The summed E-state index contributed by atoms with van der Waals surface area (Å²) in [5, 5.41) is 0. The second kappa shape index (κ2) is 4.09. The van der Waals surface area contributed by atoms with Gasteiger partial charge in [-0.3, -0.25) is 0 Å². The van der Waals surface area contributed by atoms with Crippen molar-refractivity contribution in [1.29, 1.82) is 0 Å². The van der Waals surface area contributed by atoms with Gasteiger partial charge in [-0.25, -0.2) is 14.8 Å². The summed E-state index contributed by atoms with van der Waals surface area (Å²) in [5.74, 6) is 1.62. The SMILES string of the molecule is CCOC(=O)c1cnc(C2CC2)nc1C1CC1. The molecule has 2 fully saturated rings. The lowest BCUT2D eigenvalue weighted by atomic mass is 10.1. The molecule has 0 unspecified atom stereocenters. The van der Waals surface area contributed by atoms with Crippen molar-refractivity contribution < 1.29 is 9.53 Å². The highest BCUT2D eigenvalue weighted by Crippen LogP contribution is 2.43. The molecule has 0 N–H and O–H groups in total. The first-order valence-corrected chi connectivity index (χ1v) is 6.33. The van der Waals surface area contributed by atoms with Crippen LogP contribution < -0.4 is 0 Å². The van der Waals surface area contributed by atoms with Gasteiger partial charge in [0.15, 0.2) is 0 Å². The number of carbonyl (C=O) groups is 1. The first-order valence-electron chi connectivity index (χ1n) is 6.33. The van der Waals surface area contributed by atoms with E-state index in [1.165, 1.54) is 12.8 Å². The molecule has 4 heteroatoms. The van der Waals surface area contributed by atoms with Crippen LogP contribution in [0.15, 0.2) is 6.20 Å². The Morgan fingerprint density at radius 1 is 1.35 bits per heavy atom. The predicted molar refractivity (Wildman–Crippen MR) is 61.9 cm³/mol. The first-order chi connectivity index (χ1) is 8.29. The van der Waals surface area contributed by atoms with E-state index in [2.05, 4.69) is 9.97 Å². The zero-order valence-electron chi connectivity index (χ0n) is 9.98. The molecule has 0 spiro atoms. The quantitative estimate of drug-likeness (QED) is 0.748. The second-order valence-corrected chi connectivity index (χ2v) is 4.80. The molecule has 4 nitrogen and oxygen atoms in total. The van der Waals surface area contributed by atoms with Gasteiger partial charge in [0, 0.05) is 18.0 Å². The molecule has 1 aromatic rings. The van der Waals surface area contributed by atoms with E-state index in [1.54, 1.807) is 6.20 Å². The molecule has 0 amide bonds. The molecular formula is C13H16N2O2. The number of carbonyl (C=O) groups excluding carboxylic acids is 1. The van der Waals surface area contributed by atoms with Gasteiger partial charge >= 0.3 is 5.97 Å².